The van der Waals surface area contributed by atoms with Crippen LogP contribution in [0.1, 0.15) is 0 Å². The minimum Gasteiger partial charge on any atom is -0.247 e. The molecular weight excluding hydrogens is 543 g/mol. The molecule has 0 atom stereocenters. The van der Waals surface area contributed by atoms with Crippen molar-refractivity contribution in [3.05, 3.63) is 140 Å². The van der Waals surface area contributed by atoms with E-state index in [2.05, 4.69) is 109 Å². The largest absolute Gasteiger partial charge is 0.247 e. The molecule has 4 heteroatoms. The third-order valence-electron chi connectivity index (χ3n) is 8.30. The molecule has 0 N–H and O–H groups in total. The Morgan fingerprint density at radius 3 is 1.86 bits per heavy atom. The molecule has 0 spiro atoms. The Bertz CT molecular complexity index is 2500. The van der Waals surface area contributed by atoms with Crippen LogP contribution in [0.4, 0.5) is 0 Å². The van der Waals surface area contributed by atoms with Crippen molar-refractivity contribution in [2.75, 3.05) is 0 Å². The summed E-state index contributed by atoms with van der Waals surface area (Å²) in [7, 11) is 0. The number of hydrogen-bond acceptors (Lipinski definition) is 4. The predicted octanol–water partition coefficient (Wildman–Crippen LogP) is 10.7. The zero-order valence-electron chi connectivity index (χ0n) is 23.0. The topological polar surface area (TPSA) is 38.7 Å². The van der Waals surface area contributed by atoms with Gasteiger partial charge in [0.1, 0.15) is 0 Å². The second-order valence-corrected chi connectivity index (χ2v) is 11.8. The van der Waals surface area contributed by atoms with Crippen molar-refractivity contribution in [2.24, 2.45) is 0 Å². The van der Waals surface area contributed by atoms with E-state index in [0.29, 0.717) is 5.82 Å². The number of rotatable bonds is 3. The van der Waals surface area contributed by atoms with Gasteiger partial charge in [-0.05, 0) is 17.5 Å². The lowest BCUT2D eigenvalue weighted by Gasteiger charge is -2.17. The lowest BCUT2D eigenvalue weighted by molar-refractivity contribution is 1.18. The average Bonchev–Trinajstić information content (AvgIpc) is 3.48. The van der Waals surface area contributed by atoms with Gasteiger partial charge in [0.05, 0.1) is 16.9 Å². The van der Waals surface area contributed by atoms with Gasteiger partial charge in [-0.1, -0.05) is 121 Å². The highest BCUT2D eigenvalue weighted by molar-refractivity contribution is 7.27. The lowest BCUT2D eigenvalue weighted by atomic mass is 9.91. The Kier molecular flexibility index (Phi) is 5.37. The summed E-state index contributed by atoms with van der Waals surface area (Å²) < 4.78 is 2.55. The third-order valence-corrected chi connectivity index (χ3v) is 9.51. The number of aromatic nitrogens is 3. The van der Waals surface area contributed by atoms with E-state index in [1.54, 1.807) is 0 Å². The van der Waals surface area contributed by atoms with Crippen LogP contribution in [-0.4, -0.2) is 15.0 Å². The number of nitrogens with zero attached hydrogens (tertiary/aromatic N) is 3. The molecule has 0 aliphatic rings. The lowest BCUT2D eigenvalue weighted by Crippen LogP contribution is -1.99. The molecule has 0 aliphatic carbocycles. The van der Waals surface area contributed by atoms with Gasteiger partial charge in [0.25, 0.3) is 0 Å². The Morgan fingerprint density at radius 1 is 0.442 bits per heavy atom. The molecule has 3 nitrogen and oxygen atoms in total. The quantitative estimate of drug-likeness (QED) is 0.200. The van der Waals surface area contributed by atoms with Crippen molar-refractivity contribution in [2.45, 2.75) is 0 Å². The number of benzene rings is 6. The van der Waals surface area contributed by atoms with Crippen LogP contribution in [0.5, 0.6) is 0 Å². The molecule has 0 bridgehead atoms. The van der Waals surface area contributed by atoms with Crippen molar-refractivity contribution >= 4 is 64.0 Å². The van der Waals surface area contributed by atoms with Crippen LogP contribution < -0.4 is 0 Å². The summed E-state index contributed by atoms with van der Waals surface area (Å²) in [6.07, 6.45) is 1.98. The minimum absolute atomic E-state index is 0.699. The molecular formula is C39H23N3S. The highest BCUT2D eigenvalue weighted by atomic mass is 32.1. The Hall–Kier alpha value is -5.45. The standard InChI is InChI=1S/C39H23N3S/c1-3-13-24(14-4-1)36-30(23-40-39(42-36)25-15-5-2-6-16-25)37-35-33(28-19-9-11-21-31(28)41-37)26-17-7-8-18-27(26)38-34(35)29-20-10-12-22-32(29)43-38/h1-23H. The van der Waals surface area contributed by atoms with E-state index in [1.165, 1.54) is 36.3 Å². The molecule has 200 valence electrons. The van der Waals surface area contributed by atoms with Crippen LogP contribution in [-0.2, 0) is 0 Å². The van der Waals surface area contributed by atoms with E-state index in [1.807, 2.05) is 41.8 Å². The number of para-hydroxylation sites is 1. The van der Waals surface area contributed by atoms with Crippen LogP contribution in [0.25, 0.3) is 86.5 Å². The van der Waals surface area contributed by atoms with Gasteiger partial charge in [0.15, 0.2) is 5.82 Å². The molecule has 9 aromatic rings. The van der Waals surface area contributed by atoms with E-state index in [0.717, 1.165) is 44.4 Å². The van der Waals surface area contributed by atoms with Crippen molar-refractivity contribution in [1.82, 2.24) is 15.0 Å². The zero-order valence-corrected chi connectivity index (χ0v) is 23.8. The smallest absolute Gasteiger partial charge is 0.159 e. The molecule has 0 radical (unpaired) electrons. The Balaban J connectivity index is 1.51. The first kappa shape index (κ1) is 24.2. The van der Waals surface area contributed by atoms with E-state index < -0.39 is 0 Å². The Labute approximate surface area is 251 Å². The average molecular weight is 566 g/mol. The molecule has 0 amide bonds. The summed E-state index contributed by atoms with van der Waals surface area (Å²) in [5.74, 6) is 0.699. The fourth-order valence-corrected chi connectivity index (χ4v) is 7.66. The van der Waals surface area contributed by atoms with Gasteiger partial charge < -0.3 is 0 Å². The molecule has 0 saturated carbocycles. The Morgan fingerprint density at radius 2 is 1.07 bits per heavy atom. The van der Waals surface area contributed by atoms with E-state index in [4.69, 9.17) is 15.0 Å². The SMILES string of the molecule is c1ccc(-c2ncc(-c3nc4ccccc4c4c5ccccc5c5sc6ccccc6c5c34)c(-c3ccccc3)n2)cc1. The third kappa shape index (κ3) is 3.70. The molecule has 0 saturated heterocycles. The zero-order chi connectivity index (χ0) is 28.3. The van der Waals surface area contributed by atoms with E-state index >= 15 is 0 Å². The molecule has 6 aromatic carbocycles. The maximum Gasteiger partial charge on any atom is 0.159 e. The van der Waals surface area contributed by atoms with E-state index in [9.17, 15) is 0 Å². The number of fused-ring (bicyclic) bond motifs is 10. The fraction of sp³-hybridized carbons (Fsp3) is 0. The first-order valence-corrected chi connectivity index (χ1v) is 15.2. The van der Waals surface area contributed by atoms with Crippen molar-refractivity contribution < 1.29 is 0 Å². The molecule has 3 aromatic heterocycles. The van der Waals surface area contributed by atoms with Gasteiger partial charge in [0, 0.05) is 64.6 Å². The summed E-state index contributed by atoms with van der Waals surface area (Å²) in [5, 5.41) is 8.52. The minimum atomic E-state index is 0.699. The number of thiophene rings is 1. The molecule has 43 heavy (non-hydrogen) atoms. The second-order valence-electron chi connectivity index (χ2n) is 10.8. The monoisotopic (exact) mass is 565 g/mol. The second kappa shape index (κ2) is 9.55. The molecule has 0 aliphatic heterocycles. The summed E-state index contributed by atoms with van der Waals surface area (Å²) in [5.41, 5.74) is 5.69. The van der Waals surface area contributed by atoms with Crippen LogP contribution in [0, 0.1) is 0 Å². The van der Waals surface area contributed by atoms with E-state index in [-0.39, 0.29) is 0 Å². The fourth-order valence-electron chi connectivity index (χ4n) is 6.41. The maximum absolute atomic E-state index is 5.43. The predicted molar refractivity (Wildman–Crippen MR) is 182 cm³/mol. The summed E-state index contributed by atoms with van der Waals surface area (Å²) in [6, 6.07) is 46.6. The van der Waals surface area contributed by atoms with Crippen LogP contribution in [0.3, 0.4) is 0 Å². The van der Waals surface area contributed by atoms with Crippen LogP contribution in [0.15, 0.2) is 140 Å². The van der Waals surface area contributed by atoms with Crippen molar-refractivity contribution in [3.63, 3.8) is 0 Å². The van der Waals surface area contributed by atoms with Crippen LogP contribution >= 0.6 is 11.3 Å². The van der Waals surface area contributed by atoms with Crippen molar-refractivity contribution in [1.29, 1.82) is 0 Å². The van der Waals surface area contributed by atoms with Gasteiger partial charge >= 0.3 is 0 Å². The normalized spacial score (nSPS) is 11.7. The summed E-state index contributed by atoms with van der Waals surface area (Å²) in [4.78, 5) is 15.6. The highest BCUT2D eigenvalue weighted by Gasteiger charge is 2.23. The summed E-state index contributed by atoms with van der Waals surface area (Å²) >= 11 is 1.86. The maximum atomic E-state index is 5.43. The first-order valence-electron chi connectivity index (χ1n) is 14.4. The molecule has 0 unspecified atom stereocenters. The number of pyridine rings is 1. The van der Waals surface area contributed by atoms with Gasteiger partial charge in [0.2, 0.25) is 0 Å². The molecule has 0 fully saturated rings. The van der Waals surface area contributed by atoms with Crippen LogP contribution in [0.2, 0.25) is 0 Å². The molecule has 9 rings (SSSR count). The first-order chi connectivity index (χ1) is 21.3. The highest BCUT2D eigenvalue weighted by Crippen LogP contribution is 2.49. The number of hydrogen-bond donors (Lipinski definition) is 0. The van der Waals surface area contributed by atoms with Gasteiger partial charge in [-0.25, -0.2) is 15.0 Å². The van der Waals surface area contributed by atoms with Gasteiger partial charge in [-0.3, -0.25) is 0 Å². The van der Waals surface area contributed by atoms with Crippen molar-refractivity contribution in [3.8, 4) is 33.9 Å². The van der Waals surface area contributed by atoms with Gasteiger partial charge in [-0.2, -0.15) is 0 Å². The molecule has 3 heterocycles. The van der Waals surface area contributed by atoms with Gasteiger partial charge in [-0.15, -0.1) is 11.3 Å². The summed E-state index contributed by atoms with van der Waals surface area (Å²) in [6.45, 7) is 0.